The van der Waals surface area contributed by atoms with Crippen molar-refractivity contribution in [2.45, 2.75) is 60.4 Å². The number of halogens is 2. The van der Waals surface area contributed by atoms with E-state index in [-0.39, 0.29) is 7.25 Å². The molecule has 0 N–H and O–H groups in total. The SMILES string of the molecule is CC1=Cc2c(-c3ccccc3)cccc2[CH]1[Zr]([Cl])([Cl])([CH]1C(C)=Cc2c(-c3ccccc3)cccc21)[SiH]([Si](C)(C)C)[Si](C)(C)C. The zero-order valence-corrected chi connectivity index (χ0v) is 34.5. The molecule has 2 atom stereocenters. The molecule has 0 aromatic heterocycles. The van der Waals surface area contributed by atoms with E-state index in [1.54, 1.807) is 0 Å². The van der Waals surface area contributed by atoms with E-state index in [0.29, 0.717) is 0 Å². The van der Waals surface area contributed by atoms with Gasteiger partial charge < -0.3 is 0 Å². The molecule has 0 nitrogen and oxygen atoms in total. The van der Waals surface area contributed by atoms with E-state index in [4.69, 9.17) is 17.0 Å². The van der Waals surface area contributed by atoms with Gasteiger partial charge in [0.2, 0.25) is 0 Å². The van der Waals surface area contributed by atoms with Crippen molar-refractivity contribution in [3.05, 3.63) is 130 Å². The Kier molecular flexibility index (Phi) is 8.34. The second-order valence-electron chi connectivity index (χ2n) is 15.4. The number of benzene rings is 4. The fourth-order valence-corrected chi connectivity index (χ4v) is 239. The average Bonchev–Trinajstić information content (AvgIpc) is 3.48. The molecule has 6 rings (SSSR count). The van der Waals surface area contributed by atoms with E-state index in [9.17, 15) is 0 Å². The van der Waals surface area contributed by atoms with Crippen LogP contribution in [0.25, 0.3) is 34.4 Å². The Bertz CT molecular complexity index is 1670. The van der Waals surface area contributed by atoms with Crippen LogP contribution >= 0.6 is 17.0 Å². The van der Waals surface area contributed by atoms with Crippen LogP contribution in [0.2, 0.25) is 39.3 Å². The molecule has 0 saturated heterocycles. The Hall–Kier alpha value is -1.53. The van der Waals surface area contributed by atoms with Crippen LogP contribution in [0, 0.1) is 0 Å². The van der Waals surface area contributed by atoms with E-state index in [0.717, 1.165) is 0 Å². The monoisotopic (exact) mass is 745 g/mol. The first-order valence-electron chi connectivity index (χ1n) is 15.9. The first kappa shape index (κ1) is 32.4. The molecule has 0 aliphatic heterocycles. The topological polar surface area (TPSA) is 0 Å². The second kappa shape index (κ2) is 11.3. The number of hydrogen-bond donors (Lipinski definition) is 0. The first-order valence-corrected chi connectivity index (χ1v) is 40.6. The van der Waals surface area contributed by atoms with Crippen LogP contribution in [0.5, 0.6) is 0 Å². The summed E-state index contributed by atoms with van der Waals surface area (Å²) in [5, 5.41) is 0. The first-order chi connectivity index (χ1) is 20.6. The van der Waals surface area contributed by atoms with Crippen LogP contribution in [0.15, 0.2) is 108 Å². The molecule has 2 aliphatic carbocycles. The Morgan fingerprint density at radius 1 is 0.523 bits per heavy atom. The molecule has 0 bridgehead atoms. The van der Waals surface area contributed by atoms with Crippen molar-refractivity contribution >= 4 is 49.3 Å². The Labute approximate surface area is 275 Å². The summed E-state index contributed by atoms with van der Waals surface area (Å²) in [6, 6.07) is 35.5. The maximum absolute atomic E-state index is 9.01. The summed E-state index contributed by atoms with van der Waals surface area (Å²) in [6.45, 7) is 20.3. The fourth-order valence-electron chi connectivity index (χ4n) is 9.76. The summed E-state index contributed by atoms with van der Waals surface area (Å²) in [4.78, 5) is -1.70. The third kappa shape index (κ3) is 5.17. The number of fused-ring (bicyclic) bond motifs is 2. The molecular weight excluding hydrogens is 703 g/mol. The molecule has 0 amide bonds. The van der Waals surface area contributed by atoms with E-state index in [1.165, 1.54) is 55.7 Å². The van der Waals surface area contributed by atoms with Gasteiger partial charge in [0.1, 0.15) is 0 Å². The summed E-state index contributed by atoms with van der Waals surface area (Å²) >= 11 is -4.97. The van der Waals surface area contributed by atoms with Crippen LogP contribution < -0.4 is 0 Å². The standard InChI is InChI=1S/2C16H13.C6H19Si3.2ClH.Zr/c2*1-12-10-14-8-5-9-15(16(14)11-12)13-6-3-2-4-7-13;1-8(2,3)7-9(4,5)6;;;/h2*2-11H,1H3;7H,1-6H3;2*1H;/q;;;;;+2/p-2. The predicted octanol–water partition coefficient (Wildman–Crippen LogP) is 12.2. The molecule has 4 aromatic rings. The van der Waals surface area contributed by atoms with Gasteiger partial charge in [0, 0.05) is 0 Å². The van der Waals surface area contributed by atoms with E-state index >= 15 is 0 Å². The van der Waals surface area contributed by atoms with Crippen molar-refractivity contribution in [2.24, 2.45) is 0 Å². The van der Waals surface area contributed by atoms with Crippen molar-refractivity contribution < 1.29 is 15.6 Å². The summed E-state index contributed by atoms with van der Waals surface area (Å²) < 4.78 is 0.237. The van der Waals surface area contributed by atoms with Gasteiger partial charge in [0.05, 0.1) is 0 Å². The third-order valence-electron chi connectivity index (χ3n) is 10.1. The van der Waals surface area contributed by atoms with Gasteiger partial charge >= 0.3 is 278 Å². The molecule has 6 heteroatoms. The van der Waals surface area contributed by atoms with Crippen molar-refractivity contribution in [2.75, 3.05) is 0 Å². The van der Waals surface area contributed by atoms with Crippen LogP contribution in [-0.4, -0.2) is 20.1 Å². The zero-order chi connectivity index (χ0) is 31.7. The van der Waals surface area contributed by atoms with Crippen molar-refractivity contribution in [1.82, 2.24) is 0 Å². The van der Waals surface area contributed by atoms with Gasteiger partial charge in [-0.1, -0.05) is 0 Å². The van der Waals surface area contributed by atoms with Crippen molar-refractivity contribution in [3.63, 3.8) is 0 Å². The van der Waals surface area contributed by atoms with Gasteiger partial charge in [-0.25, -0.2) is 0 Å². The van der Waals surface area contributed by atoms with Crippen LogP contribution in [0.3, 0.4) is 0 Å². The summed E-state index contributed by atoms with van der Waals surface area (Å²) in [6.07, 6.45) is 4.91. The van der Waals surface area contributed by atoms with E-state index in [1.807, 2.05) is 0 Å². The van der Waals surface area contributed by atoms with Crippen LogP contribution in [0.4, 0.5) is 0 Å². The molecule has 0 fully saturated rings. The zero-order valence-electron chi connectivity index (χ0n) is 27.4. The minimum atomic E-state index is -4.97. The third-order valence-corrected chi connectivity index (χ3v) is 148. The quantitative estimate of drug-likeness (QED) is 0.165. The molecule has 0 heterocycles. The fraction of sp³-hybridized carbons (Fsp3) is 0.263. The predicted molar refractivity (Wildman–Crippen MR) is 202 cm³/mol. The molecule has 227 valence electrons. The number of allylic oxidation sites excluding steroid dienone is 2. The normalized spacial score (nSPS) is 19.2. The molecule has 2 unspecified atom stereocenters. The molecule has 44 heavy (non-hydrogen) atoms. The van der Waals surface area contributed by atoms with Gasteiger partial charge in [0.25, 0.3) is 0 Å². The molecule has 0 saturated carbocycles. The van der Waals surface area contributed by atoms with Gasteiger partial charge in [-0.15, -0.1) is 0 Å². The van der Waals surface area contributed by atoms with Gasteiger partial charge in [-0.05, 0) is 0 Å². The minimum absolute atomic E-state index is 0.119. The number of rotatable bonds is 7. The van der Waals surface area contributed by atoms with Crippen LogP contribution in [0.1, 0.15) is 43.4 Å². The van der Waals surface area contributed by atoms with Crippen LogP contribution in [-0.2, 0) is 15.6 Å². The van der Waals surface area contributed by atoms with Gasteiger partial charge in [0.15, 0.2) is 0 Å². The Morgan fingerprint density at radius 3 is 1.23 bits per heavy atom. The molecular formula is C38H45Cl2Si3Zr. The molecule has 2 aliphatic rings. The Balaban J connectivity index is 1.67. The molecule has 4 aromatic carbocycles. The second-order valence-corrected chi connectivity index (χ2v) is 85.8. The summed E-state index contributed by atoms with van der Waals surface area (Å²) in [5.41, 5.74) is 13.3. The average molecular weight is 748 g/mol. The van der Waals surface area contributed by atoms with Gasteiger partial charge in [-0.2, -0.15) is 0 Å². The van der Waals surface area contributed by atoms with Crippen molar-refractivity contribution in [1.29, 1.82) is 0 Å². The van der Waals surface area contributed by atoms with Gasteiger partial charge in [-0.3, -0.25) is 0 Å². The van der Waals surface area contributed by atoms with E-state index in [2.05, 4.69) is 162 Å². The maximum atomic E-state index is 9.01. The summed E-state index contributed by atoms with van der Waals surface area (Å²) in [5.74, 6) is 0. The Morgan fingerprint density at radius 2 is 0.886 bits per heavy atom. The summed E-state index contributed by atoms with van der Waals surface area (Å²) in [7, 11) is 14.5. The van der Waals surface area contributed by atoms with E-state index < -0.39 is 35.7 Å². The van der Waals surface area contributed by atoms with Crippen molar-refractivity contribution in [3.8, 4) is 22.3 Å². The molecule has 0 spiro atoms. The number of hydrogen-bond acceptors (Lipinski definition) is 0. The molecule has 0 radical (unpaired) electrons.